The second-order valence-corrected chi connectivity index (χ2v) is 33.4. The molecule has 4 fully saturated rings. The highest BCUT2D eigenvalue weighted by molar-refractivity contribution is 7.99. The highest BCUT2D eigenvalue weighted by atomic mass is 32.2. The molecule has 20 heteroatoms. The number of nitriles is 1. The molecule has 0 amide bonds. The van der Waals surface area contributed by atoms with E-state index in [-0.39, 0.29) is 10.1 Å². The molecular formula is C43H63N5O9S4Si2. The van der Waals surface area contributed by atoms with Crippen LogP contribution >= 0.6 is 46.2 Å². The van der Waals surface area contributed by atoms with Crippen LogP contribution in [0.1, 0.15) is 79.0 Å². The Kier molecular flexibility index (Phi) is 13.4. The van der Waals surface area contributed by atoms with Gasteiger partial charge in [-0.1, -0.05) is 41.5 Å². The predicted molar refractivity (Wildman–Crippen MR) is 253 cm³/mol. The Bertz CT molecular complexity index is 2360. The summed E-state index contributed by atoms with van der Waals surface area (Å²) in [5.41, 5.74) is 0.0925. The molecule has 346 valence electrons. The van der Waals surface area contributed by atoms with Gasteiger partial charge in [0, 0.05) is 21.5 Å². The fraction of sp³-hybridized carbons (Fsp3) is 0.698. The molecule has 8 rings (SSSR count). The van der Waals surface area contributed by atoms with E-state index in [9.17, 15) is 10.4 Å². The van der Waals surface area contributed by atoms with Crippen LogP contribution in [0.25, 0.3) is 21.8 Å². The quantitative estimate of drug-likeness (QED) is 0.0905. The van der Waals surface area contributed by atoms with Crippen LogP contribution in [0, 0.1) is 11.3 Å². The van der Waals surface area contributed by atoms with Gasteiger partial charge in [-0.05, 0) is 76.5 Å². The minimum absolute atomic E-state index is 0.0682. The topological polar surface area (TPSA) is 169 Å². The van der Waals surface area contributed by atoms with Crippen molar-refractivity contribution >= 4 is 84.6 Å². The van der Waals surface area contributed by atoms with Gasteiger partial charge in [-0.25, -0.2) is 19.9 Å². The molecule has 0 aliphatic carbocycles. The fourth-order valence-corrected chi connectivity index (χ4v) is 13.2. The molecule has 1 unspecified atom stereocenters. The monoisotopic (exact) mass is 977 g/mol. The van der Waals surface area contributed by atoms with Crippen LogP contribution in [0.4, 0.5) is 0 Å². The molecule has 4 aliphatic heterocycles. The minimum atomic E-state index is -2.01. The van der Waals surface area contributed by atoms with Gasteiger partial charge >= 0.3 is 0 Å². The summed E-state index contributed by atoms with van der Waals surface area (Å²) in [6.45, 7) is 30.2. The Morgan fingerprint density at radius 2 is 1.11 bits per heavy atom. The number of aromatic nitrogens is 4. The third-order valence-electron chi connectivity index (χ3n) is 13.2. The molecule has 0 aromatic carbocycles. The molecule has 4 saturated heterocycles. The lowest BCUT2D eigenvalue weighted by molar-refractivity contribution is -0.281. The highest BCUT2D eigenvalue weighted by Crippen LogP contribution is 2.54. The lowest BCUT2D eigenvalue weighted by atomic mass is 9.93. The van der Waals surface area contributed by atoms with Crippen LogP contribution in [-0.2, 0) is 48.7 Å². The van der Waals surface area contributed by atoms with E-state index < -0.39 is 76.2 Å². The van der Waals surface area contributed by atoms with E-state index in [1.165, 1.54) is 35.3 Å². The zero-order valence-electron chi connectivity index (χ0n) is 39.3. The first-order valence-electron chi connectivity index (χ1n) is 21.2. The summed E-state index contributed by atoms with van der Waals surface area (Å²) in [6.07, 6.45) is 4.03. The molecule has 14 nitrogen and oxygen atoms in total. The minimum Gasteiger partial charge on any atom is -0.414 e. The van der Waals surface area contributed by atoms with E-state index in [1.54, 1.807) is 23.5 Å². The van der Waals surface area contributed by atoms with Crippen LogP contribution < -0.4 is 0 Å². The maximum absolute atomic E-state index is 11.8. The molecule has 8 atom stereocenters. The van der Waals surface area contributed by atoms with Crippen molar-refractivity contribution in [2.45, 2.75) is 175 Å². The molecule has 0 saturated carbocycles. The maximum Gasteiger partial charge on any atom is 0.234 e. The van der Waals surface area contributed by atoms with Crippen molar-refractivity contribution < 1.29 is 42.4 Å². The normalized spacial score (nSPS) is 30.3. The summed E-state index contributed by atoms with van der Waals surface area (Å²) in [7, 11) is -4.01. The van der Waals surface area contributed by atoms with E-state index in [1.807, 2.05) is 51.0 Å². The summed E-state index contributed by atoms with van der Waals surface area (Å²) in [5, 5.41) is 30.0. The average molecular weight is 978 g/mol. The lowest BCUT2D eigenvalue weighted by Gasteiger charge is -2.37. The van der Waals surface area contributed by atoms with E-state index >= 15 is 0 Å². The zero-order chi connectivity index (χ0) is 46.3. The second kappa shape index (κ2) is 17.1. The van der Waals surface area contributed by atoms with E-state index in [0.717, 1.165) is 31.2 Å². The number of fused-ring (bicyclic) bond motifs is 4. The lowest BCUT2D eigenvalue weighted by Crippen LogP contribution is -2.44. The standard InChI is InChI=1S/C22H31N3O4S2Si.C21H32N2O5S2Si/c1-20(2,3)32(7,8)26-9-14-16-17(29-21(4,5)28-16)22(11-23,27-14)18-15-13(10-31-18)19(30-6)25-12-24-15;1-19(2,3)31(7,8)25-9-13-15-16(28-20(4,5)27-15)21(24,26-13)17-14-12(10-30-17)18(29-6)23-11-22-14/h10,12,14,16-17H,9H2,1-8H3;10-11,13,15-16,24H,9H2,1-8H3/t14-,16-,17-,22-;13-,15-,16-,21?/m11/s1. The number of thiophene rings is 2. The van der Waals surface area contributed by atoms with Crippen molar-refractivity contribution in [2.24, 2.45) is 0 Å². The van der Waals surface area contributed by atoms with Gasteiger partial charge in [-0.3, -0.25) is 0 Å². The van der Waals surface area contributed by atoms with Crippen LogP contribution in [0.15, 0.2) is 33.5 Å². The van der Waals surface area contributed by atoms with Crippen LogP contribution in [0.2, 0.25) is 36.3 Å². The van der Waals surface area contributed by atoms with Crippen LogP contribution in [0.3, 0.4) is 0 Å². The van der Waals surface area contributed by atoms with Gasteiger partial charge in [0.15, 0.2) is 28.2 Å². The third-order valence-corrected chi connectivity index (χ3v) is 25.8. The summed E-state index contributed by atoms with van der Waals surface area (Å²) in [4.78, 5) is 19.0. The Hall–Kier alpha value is -1.66. The van der Waals surface area contributed by atoms with Gasteiger partial charge in [0.25, 0.3) is 0 Å². The Labute approximate surface area is 390 Å². The summed E-state index contributed by atoms with van der Waals surface area (Å²) >= 11 is 5.97. The molecule has 1 N–H and O–H groups in total. The third kappa shape index (κ3) is 8.97. The van der Waals surface area contributed by atoms with E-state index in [4.69, 9.17) is 37.3 Å². The molecule has 63 heavy (non-hydrogen) atoms. The van der Waals surface area contributed by atoms with Crippen LogP contribution in [-0.4, -0.2) is 116 Å². The van der Waals surface area contributed by atoms with Gasteiger partial charge in [-0.2, -0.15) is 5.26 Å². The molecule has 0 radical (unpaired) electrons. The first-order valence-corrected chi connectivity index (χ1v) is 31.2. The maximum atomic E-state index is 11.8. The number of hydrogen-bond donors (Lipinski definition) is 1. The SMILES string of the molecule is CSc1ncnc2c(C3(O)O[C@H](CO[Si](C)(C)C(C)(C)C)[C@H]4OC(C)(C)O[C@H]43)scc12.CSc1ncnc2c([C@]3(C#N)O[C@H](CO[Si](C)(C)C(C)(C)C)[C@H]4OC(C)(C)O[C@H]43)scc12. The molecule has 0 bridgehead atoms. The van der Waals surface area contributed by atoms with E-state index in [2.05, 4.69) is 93.7 Å². The first-order chi connectivity index (χ1) is 29.1. The largest absolute Gasteiger partial charge is 0.414 e. The first kappa shape index (κ1) is 49.3. The molecule has 4 aliphatic rings. The summed E-state index contributed by atoms with van der Waals surface area (Å²) in [5.74, 6) is -3.31. The number of nitrogens with zero attached hydrogens (tertiary/aromatic N) is 5. The molecular weight excluding hydrogens is 915 g/mol. The number of aliphatic hydroxyl groups is 1. The Morgan fingerprint density at radius 1 is 0.683 bits per heavy atom. The number of rotatable bonds is 10. The molecule has 0 spiro atoms. The van der Waals surface area contributed by atoms with Gasteiger partial charge < -0.3 is 42.4 Å². The van der Waals surface area contributed by atoms with Gasteiger partial charge in [0.05, 0.1) is 34.0 Å². The van der Waals surface area contributed by atoms with Crippen molar-refractivity contribution in [2.75, 3.05) is 25.7 Å². The second-order valence-electron chi connectivity index (χ2n) is 20.5. The Morgan fingerprint density at radius 3 is 1.57 bits per heavy atom. The number of ether oxygens (including phenoxy) is 6. The zero-order valence-corrected chi connectivity index (χ0v) is 44.5. The number of thioether (sulfide) groups is 2. The van der Waals surface area contributed by atoms with Crippen molar-refractivity contribution in [3.05, 3.63) is 33.2 Å². The Balaban J connectivity index is 0.000000189. The van der Waals surface area contributed by atoms with Gasteiger partial charge in [0.1, 0.15) is 65.4 Å². The molecule has 4 aromatic rings. The van der Waals surface area contributed by atoms with Crippen molar-refractivity contribution in [1.29, 1.82) is 5.26 Å². The fourth-order valence-electron chi connectivity index (χ4n) is 7.78. The van der Waals surface area contributed by atoms with Crippen molar-refractivity contribution in [3.63, 3.8) is 0 Å². The highest BCUT2D eigenvalue weighted by Gasteiger charge is 2.66. The van der Waals surface area contributed by atoms with Gasteiger partial charge in [-0.15, -0.1) is 46.2 Å². The van der Waals surface area contributed by atoms with Crippen molar-refractivity contribution in [3.8, 4) is 6.07 Å². The molecule has 8 heterocycles. The smallest absolute Gasteiger partial charge is 0.234 e. The number of hydrogen-bond acceptors (Lipinski definition) is 18. The molecule has 4 aromatic heterocycles. The predicted octanol–water partition coefficient (Wildman–Crippen LogP) is 9.57. The van der Waals surface area contributed by atoms with Crippen molar-refractivity contribution in [1.82, 2.24) is 19.9 Å². The van der Waals surface area contributed by atoms with E-state index in [0.29, 0.717) is 23.6 Å². The van der Waals surface area contributed by atoms with Gasteiger partial charge in [0.2, 0.25) is 11.4 Å². The average Bonchev–Trinajstić information content (AvgIpc) is 4.04. The summed E-state index contributed by atoms with van der Waals surface area (Å²) in [6, 6.07) is 2.45. The summed E-state index contributed by atoms with van der Waals surface area (Å²) < 4.78 is 50.6. The van der Waals surface area contributed by atoms with Crippen LogP contribution in [0.5, 0.6) is 0 Å².